The molecule has 0 aliphatic carbocycles. The zero-order chi connectivity index (χ0) is 22.0. The molecule has 2 saturated heterocycles. The first-order chi connectivity index (χ1) is 14.9. The van der Waals surface area contributed by atoms with E-state index >= 15 is 0 Å². The maximum absolute atomic E-state index is 13.4. The minimum atomic E-state index is -0.654. The number of nitrogens with zero attached hydrogens (tertiary/aromatic N) is 2. The number of likely N-dealkylation sites (tertiary alicyclic amines) is 1. The Kier molecular flexibility index (Phi) is 6.48. The largest absolute Gasteiger partial charge is 0.481 e. The van der Waals surface area contributed by atoms with Crippen LogP contribution in [0.25, 0.3) is 0 Å². The lowest BCUT2D eigenvalue weighted by molar-refractivity contribution is -0.130. The molecule has 0 radical (unpaired) electrons. The lowest BCUT2D eigenvalue weighted by Gasteiger charge is -2.40. The summed E-state index contributed by atoms with van der Waals surface area (Å²) in [4.78, 5) is 19.5. The van der Waals surface area contributed by atoms with Crippen LogP contribution in [0.5, 0.6) is 5.88 Å². The lowest BCUT2D eigenvalue weighted by Crippen LogP contribution is -2.52. The number of carbonyl (C=O) groups is 1. The molecule has 1 amide bonds. The zero-order valence-electron chi connectivity index (χ0n) is 17.7. The van der Waals surface area contributed by atoms with Gasteiger partial charge in [0.2, 0.25) is 11.8 Å². The van der Waals surface area contributed by atoms with Crippen LogP contribution in [-0.2, 0) is 22.6 Å². The number of methoxy groups -OCH3 is 1. The van der Waals surface area contributed by atoms with Crippen LogP contribution in [0.4, 0.5) is 8.78 Å². The Balaban J connectivity index is 1.43. The Bertz CT molecular complexity index is 935. The quantitative estimate of drug-likeness (QED) is 0.762. The molecule has 166 valence electrons. The summed E-state index contributed by atoms with van der Waals surface area (Å²) in [7, 11) is 1.60. The highest BCUT2D eigenvalue weighted by Crippen LogP contribution is 2.33. The molecule has 1 aromatic carbocycles. The van der Waals surface area contributed by atoms with Gasteiger partial charge in [0.05, 0.1) is 19.1 Å². The van der Waals surface area contributed by atoms with Crippen molar-refractivity contribution in [3.63, 3.8) is 0 Å². The van der Waals surface area contributed by atoms with Crippen molar-refractivity contribution < 1.29 is 23.0 Å². The van der Waals surface area contributed by atoms with Crippen LogP contribution in [-0.4, -0.2) is 48.2 Å². The first-order valence-corrected chi connectivity index (χ1v) is 10.5. The molecule has 0 unspecified atom stereocenters. The average Bonchev–Trinajstić information content (AvgIpc) is 3.20. The molecule has 4 rings (SSSR count). The van der Waals surface area contributed by atoms with E-state index in [2.05, 4.69) is 21.3 Å². The molecule has 2 aromatic rings. The summed E-state index contributed by atoms with van der Waals surface area (Å²) in [6, 6.07) is 5.59. The van der Waals surface area contributed by atoms with Gasteiger partial charge in [-0.2, -0.15) is 0 Å². The van der Waals surface area contributed by atoms with Crippen molar-refractivity contribution in [3.8, 4) is 5.88 Å². The molecule has 8 heteroatoms. The van der Waals surface area contributed by atoms with Gasteiger partial charge in [-0.25, -0.2) is 13.8 Å². The maximum Gasteiger partial charge on any atom is 0.224 e. The second-order valence-electron chi connectivity index (χ2n) is 8.29. The number of halogens is 2. The number of ether oxygens (including phenoxy) is 2. The molecular weight excluding hydrogens is 404 g/mol. The van der Waals surface area contributed by atoms with Crippen molar-refractivity contribution in [1.29, 1.82) is 0 Å². The highest BCUT2D eigenvalue weighted by molar-refractivity contribution is 5.79. The van der Waals surface area contributed by atoms with Gasteiger partial charge >= 0.3 is 0 Å². The monoisotopic (exact) mass is 431 g/mol. The van der Waals surface area contributed by atoms with E-state index in [1.165, 1.54) is 12.1 Å². The Labute approximate surface area is 180 Å². The fourth-order valence-corrected chi connectivity index (χ4v) is 4.63. The third kappa shape index (κ3) is 5.02. The molecule has 2 fully saturated rings. The van der Waals surface area contributed by atoms with Crippen LogP contribution < -0.4 is 10.1 Å². The van der Waals surface area contributed by atoms with Crippen LogP contribution >= 0.6 is 0 Å². The number of hydrogen-bond donors (Lipinski definition) is 1. The van der Waals surface area contributed by atoms with Gasteiger partial charge in [0.1, 0.15) is 11.6 Å². The van der Waals surface area contributed by atoms with E-state index in [4.69, 9.17) is 9.47 Å². The number of amides is 1. The number of fused-ring (bicyclic) bond motifs is 1. The molecule has 2 aliphatic rings. The molecule has 31 heavy (non-hydrogen) atoms. The topological polar surface area (TPSA) is 63.7 Å². The van der Waals surface area contributed by atoms with E-state index in [9.17, 15) is 13.6 Å². The van der Waals surface area contributed by atoms with E-state index in [1.807, 2.05) is 6.92 Å². The summed E-state index contributed by atoms with van der Waals surface area (Å²) in [5.41, 5.74) is 2.42. The third-order valence-corrected chi connectivity index (χ3v) is 6.04. The van der Waals surface area contributed by atoms with Gasteiger partial charge in [-0.1, -0.05) is 0 Å². The summed E-state index contributed by atoms with van der Waals surface area (Å²) < 4.78 is 37.9. The Hall–Kier alpha value is -2.58. The predicted molar refractivity (Wildman–Crippen MR) is 110 cm³/mol. The van der Waals surface area contributed by atoms with E-state index in [0.29, 0.717) is 37.6 Å². The van der Waals surface area contributed by atoms with Gasteiger partial charge in [0.25, 0.3) is 0 Å². The van der Waals surface area contributed by atoms with E-state index in [-0.39, 0.29) is 30.5 Å². The Morgan fingerprint density at radius 3 is 2.74 bits per heavy atom. The van der Waals surface area contributed by atoms with Crippen molar-refractivity contribution in [2.24, 2.45) is 5.92 Å². The zero-order valence-corrected chi connectivity index (χ0v) is 17.7. The van der Waals surface area contributed by atoms with Gasteiger partial charge in [0.15, 0.2) is 0 Å². The number of rotatable bonds is 6. The number of benzene rings is 1. The van der Waals surface area contributed by atoms with E-state index < -0.39 is 11.6 Å². The van der Waals surface area contributed by atoms with Gasteiger partial charge in [-0.3, -0.25) is 9.69 Å². The van der Waals surface area contributed by atoms with Gasteiger partial charge < -0.3 is 14.8 Å². The molecule has 0 bridgehead atoms. The van der Waals surface area contributed by atoms with Crippen LogP contribution in [0.15, 0.2) is 30.5 Å². The first kappa shape index (κ1) is 21.6. The average molecular weight is 431 g/mol. The van der Waals surface area contributed by atoms with Gasteiger partial charge in [-0.15, -0.1) is 0 Å². The van der Waals surface area contributed by atoms with Crippen LogP contribution in [0, 0.1) is 24.5 Å². The predicted octanol–water partition coefficient (Wildman–Crippen LogP) is 2.97. The standard InChI is InChI=1S/C23H27F2N3O3/c1-14-5-16(11-27-23(14)30-2)12-28-13-17(8-21-20(28)3-4-31-21)22(29)26-10-15-6-18(24)9-19(25)7-15/h5-7,9,11,17,20-21H,3-4,8,10,12-13H2,1-2H3,(H,26,29)/t17-,20+,21+/m0/s1. The minimum absolute atomic E-state index is 0.00317. The SMILES string of the molecule is COc1ncc(CN2C[C@@H](C(=O)NCc3cc(F)cc(F)c3)C[C@H]3OCC[C@H]32)cc1C. The lowest BCUT2D eigenvalue weighted by atomic mass is 9.89. The molecule has 3 heterocycles. The van der Waals surface area contributed by atoms with E-state index in [1.54, 1.807) is 13.3 Å². The molecule has 1 aromatic heterocycles. The number of pyridine rings is 1. The summed E-state index contributed by atoms with van der Waals surface area (Å²) in [5.74, 6) is -1.09. The minimum Gasteiger partial charge on any atom is -0.481 e. The van der Waals surface area contributed by atoms with Crippen molar-refractivity contribution >= 4 is 5.91 Å². The number of aryl methyl sites for hydroxylation is 1. The van der Waals surface area contributed by atoms with Crippen LogP contribution in [0.2, 0.25) is 0 Å². The highest BCUT2D eigenvalue weighted by Gasteiger charge is 2.42. The molecule has 0 spiro atoms. The Morgan fingerprint density at radius 1 is 1.26 bits per heavy atom. The summed E-state index contributed by atoms with van der Waals surface area (Å²) in [5, 5.41) is 2.83. The summed E-state index contributed by atoms with van der Waals surface area (Å²) in [6.07, 6.45) is 3.39. The third-order valence-electron chi connectivity index (χ3n) is 6.04. The number of hydrogen-bond acceptors (Lipinski definition) is 5. The number of nitrogens with one attached hydrogen (secondary N) is 1. The van der Waals surface area contributed by atoms with Crippen LogP contribution in [0.3, 0.4) is 0 Å². The van der Waals surface area contributed by atoms with Crippen molar-refractivity contribution in [2.75, 3.05) is 20.3 Å². The smallest absolute Gasteiger partial charge is 0.224 e. The molecule has 0 saturated carbocycles. The number of aromatic nitrogens is 1. The van der Waals surface area contributed by atoms with E-state index in [0.717, 1.165) is 23.6 Å². The number of carbonyl (C=O) groups excluding carboxylic acids is 1. The molecular formula is C23H27F2N3O3. The fourth-order valence-electron chi connectivity index (χ4n) is 4.63. The first-order valence-electron chi connectivity index (χ1n) is 10.5. The van der Waals surface area contributed by atoms with Crippen molar-refractivity contribution in [1.82, 2.24) is 15.2 Å². The maximum atomic E-state index is 13.4. The Morgan fingerprint density at radius 2 is 2.03 bits per heavy atom. The molecule has 1 N–H and O–H groups in total. The van der Waals surface area contributed by atoms with Gasteiger partial charge in [0, 0.05) is 50.1 Å². The molecule has 2 aliphatic heterocycles. The molecule has 3 atom stereocenters. The molecule has 6 nitrogen and oxygen atoms in total. The second kappa shape index (κ2) is 9.28. The van der Waals surface area contributed by atoms with Gasteiger partial charge in [-0.05, 0) is 49.1 Å². The summed E-state index contributed by atoms with van der Waals surface area (Å²) >= 11 is 0. The fraction of sp³-hybridized carbons (Fsp3) is 0.478. The highest BCUT2D eigenvalue weighted by atomic mass is 19.1. The normalized spacial score (nSPS) is 23.4. The van der Waals surface area contributed by atoms with Crippen LogP contribution in [0.1, 0.15) is 29.5 Å². The van der Waals surface area contributed by atoms with Crippen molar-refractivity contribution in [2.45, 2.75) is 45.0 Å². The van der Waals surface area contributed by atoms with Crippen molar-refractivity contribution in [3.05, 3.63) is 58.8 Å². The number of piperidine rings is 1. The second-order valence-corrected chi connectivity index (χ2v) is 8.29. The summed E-state index contributed by atoms with van der Waals surface area (Å²) in [6.45, 7) is 3.99.